The van der Waals surface area contributed by atoms with E-state index in [1.54, 1.807) is 29.1 Å². The standard InChI is InChI=1S/C13H15BrClN3O2/c1-2-12(19)11-8-18(17-16-11)5-6-20-13-4-3-9(15)7-10(13)14/h3-4,7-8,12,19H,2,5-6H2,1H3. The lowest BCUT2D eigenvalue weighted by molar-refractivity contribution is 0.168. The number of aliphatic hydroxyl groups excluding tert-OH is 1. The van der Waals surface area contributed by atoms with Gasteiger partial charge in [-0.15, -0.1) is 5.10 Å². The number of halogens is 2. The quantitative estimate of drug-likeness (QED) is 0.859. The molecule has 0 saturated carbocycles. The summed E-state index contributed by atoms with van der Waals surface area (Å²) in [5.74, 6) is 0.725. The molecule has 0 radical (unpaired) electrons. The molecule has 5 nitrogen and oxygen atoms in total. The predicted molar refractivity (Wildman–Crippen MR) is 79.9 cm³/mol. The Kier molecular flexibility index (Phi) is 5.39. The maximum atomic E-state index is 9.64. The maximum Gasteiger partial charge on any atom is 0.133 e. The highest BCUT2D eigenvalue weighted by Gasteiger charge is 2.09. The molecule has 0 saturated heterocycles. The van der Waals surface area contributed by atoms with Gasteiger partial charge in [-0.25, -0.2) is 4.68 Å². The predicted octanol–water partition coefficient (Wildman–Crippen LogP) is 3.22. The fourth-order valence-electron chi connectivity index (χ4n) is 1.63. The lowest BCUT2D eigenvalue weighted by atomic mass is 10.2. The molecule has 0 aliphatic heterocycles. The van der Waals surface area contributed by atoms with Crippen LogP contribution in [0.5, 0.6) is 5.75 Å². The van der Waals surface area contributed by atoms with Crippen molar-refractivity contribution in [3.63, 3.8) is 0 Å². The first kappa shape index (κ1) is 15.3. The number of aliphatic hydroxyl groups is 1. The molecular formula is C13H15BrClN3O2. The highest BCUT2D eigenvalue weighted by Crippen LogP contribution is 2.27. The van der Waals surface area contributed by atoms with Gasteiger partial charge < -0.3 is 9.84 Å². The molecule has 1 unspecified atom stereocenters. The Hall–Kier alpha value is -1.11. The monoisotopic (exact) mass is 359 g/mol. The van der Waals surface area contributed by atoms with E-state index in [1.165, 1.54) is 0 Å². The smallest absolute Gasteiger partial charge is 0.133 e. The average Bonchev–Trinajstić information content (AvgIpc) is 2.89. The topological polar surface area (TPSA) is 60.2 Å². The van der Waals surface area contributed by atoms with Crippen molar-refractivity contribution in [2.75, 3.05) is 6.61 Å². The van der Waals surface area contributed by atoms with E-state index in [4.69, 9.17) is 16.3 Å². The number of hydrogen-bond donors (Lipinski definition) is 1. The largest absolute Gasteiger partial charge is 0.490 e. The van der Waals surface area contributed by atoms with Crippen LogP contribution in [-0.2, 0) is 6.54 Å². The summed E-state index contributed by atoms with van der Waals surface area (Å²) in [6.45, 7) is 2.90. The second kappa shape index (κ2) is 7.06. The minimum Gasteiger partial charge on any atom is -0.490 e. The van der Waals surface area contributed by atoms with Crippen LogP contribution in [0.25, 0.3) is 0 Å². The highest BCUT2D eigenvalue weighted by atomic mass is 79.9. The third-order valence-corrected chi connectivity index (χ3v) is 3.61. The summed E-state index contributed by atoms with van der Waals surface area (Å²) >= 11 is 9.25. The molecule has 1 aromatic carbocycles. The summed E-state index contributed by atoms with van der Waals surface area (Å²) in [5, 5.41) is 18.2. The third-order valence-electron chi connectivity index (χ3n) is 2.76. The molecule has 2 rings (SSSR count). The second-order valence-electron chi connectivity index (χ2n) is 4.25. The molecule has 0 fully saturated rings. The van der Waals surface area contributed by atoms with Crippen LogP contribution in [0.4, 0.5) is 0 Å². The van der Waals surface area contributed by atoms with E-state index in [9.17, 15) is 5.11 Å². The van der Waals surface area contributed by atoms with Crippen LogP contribution < -0.4 is 4.74 Å². The van der Waals surface area contributed by atoms with Gasteiger partial charge in [-0.3, -0.25) is 0 Å². The van der Waals surface area contributed by atoms with Gasteiger partial charge in [0, 0.05) is 5.02 Å². The molecular weight excluding hydrogens is 346 g/mol. The first-order valence-electron chi connectivity index (χ1n) is 6.26. The SMILES string of the molecule is CCC(O)c1cn(CCOc2ccc(Cl)cc2Br)nn1. The second-order valence-corrected chi connectivity index (χ2v) is 5.54. The van der Waals surface area contributed by atoms with E-state index in [0.717, 1.165) is 10.2 Å². The van der Waals surface area contributed by atoms with Crippen molar-refractivity contribution < 1.29 is 9.84 Å². The van der Waals surface area contributed by atoms with Gasteiger partial charge in [0.25, 0.3) is 0 Å². The van der Waals surface area contributed by atoms with E-state index >= 15 is 0 Å². The molecule has 0 bridgehead atoms. The Labute approximate surface area is 130 Å². The number of hydrogen-bond acceptors (Lipinski definition) is 4. The molecule has 1 aromatic heterocycles. The van der Waals surface area contributed by atoms with Crippen molar-refractivity contribution in [1.82, 2.24) is 15.0 Å². The van der Waals surface area contributed by atoms with Crippen LogP contribution in [0.2, 0.25) is 5.02 Å². The molecule has 0 amide bonds. The maximum absolute atomic E-state index is 9.64. The molecule has 1 atom stereocenters. The highest BCUT2D eigenvalue weighted by molar-refractivity contribution is 9.10. The van der Waals surface area contributed by atoms with Crippen LogP contribution in [0, 0.1) is 0 Å². The molecule has 20 heavy (non-hydrogen) atoms. The zero-order valence-electron chi connectivity index (χ0n) is 11.0. The van der Waals surface area contributed by atoms with Gasteiger partial charge in [-0.2, -0.15) is 0 Å². The normalized spacial score (nSPS) is 12.4. The lowest BCUT2D eigenvalue weighted by Crippen LogP contribution is -2.09. The number of rotatable bonds is 6. The van der Waals surface area contributed by atoms with Gasteiger partial charge >= 0.3 is 0 Å². The van der Waals surface area contributed by atoms with Gasteiger partial charge in [0.05, 0.1) is 23.3 Å². The first-order chi connectivity index (χ1) is 9.60. The Balaban J connectivity index is 1.88. The van der Waals surface area contributed by atoms with Crippen molar-refractivity contribution in [3.05, 3.63) is 39.6 Å². The molecule has 0 spiro atoms. The Bertz CT molecular complexity index is 576. The lowest BCUT2D eigenvalue weighted by Gasteiger charge is -2.08. The van der Waals surface area contributed by atoms with Gasteiger partial charge in [0.1, 0.15) is 18.1 Å². The molecule has 1 N–H and O–H groups in total. The van der Waals surface area contributed by atoms with Crippen molar-refractivity contribution in [2.24, 2.45) is 0 Å². The van der Waals surface area contributed by atoms with Crippen molar-refractivity contribution >= 4 is 27.5 Å². The van der Waals surface area contributed by atoms with E-state index in [0.29, 0.717) is 30.3 Å². The van der Waals surface area contributed by atoms with Crippen LogP contribution in [-0.4, -0.2) is 26.7 Å². The van der Waals surface area contributed by atoms with Crippen LogP contribution >= 0.6 is 27.5 Å². The third kappa shape index (κ3) is 3.94. The van der Waals surface area contributed by atoms with E-state index in [2.05, 4.69) is 26.2 Å². The first-order valence-corrected chi connectivity index (χ1v) is 7.43. The van der Waals surface area contributed by atoms with Crippen molar-refractivity contribution in [2.45, 2.75) is 26.0 Å². The summed E-state index contributed by atoms with van der Waals surface area (Å²) in [6.07, 6.45) is 1.79. The number of ether oxygens (including phenoxy) is 1. The molecule has 2 aromatic rings. The zero-order chi connectivity index (χ0) is 14.5. The summed E-state index contributed by atoms with van der Waals surface area (Å²) < 4.78 is 8.10. The van der Waals surface area contributed by atoms with Crippen LogP contribution in [0.15, 0.2) is 28.9 Å². The summed E-state index contributed by atoms with van der Waals surface area (Å²) in [5.41, 5.74) is 0.583. The van der Waals surface area contributed by atoms with E-state index < -0.39 is 6.10 Å². The van der Waals surface area contributed by atoms with E-state index in [1.807, 2.05) is 6.92 Å². The number of benzene rings is 1. The summed E-state index contributed by atoms with van der Waals surface area (Å²) in [6, 6.07) is 5.36. The Morgan fingerprint density at radius 3 is 3.00 bits per heavy atom. The summed E-state index contributed by atoms with van der Waals surface area (Å²) in [4.78, 5) is 0. The minimum absolute atomic E-state index is 0.450. The fraction of sp³-hybridized carbons (Fsp3) is 0.385. The minimum atomic E-state index is -0.560. The number of aromatic nitrogens is 3. The van der Waals surface area contributed by atoms with E-state index in [-0.39, 0.29) is 0 Å². The summed E-state index contributed by atoms with van der Waals surface area (Å²) in [7, 11) is 0. The Morgan fingerprint density at radius 1 is 1.50 bits per heavy atom. The fourth-order valence-corrected chi connectivity index (χ4v) is 2.42. The molecule has 108 valence electrons. The molecule has 7 heteroatoms. The van der Waals surface area contributed by atoms with Crippen LogP contribution in [0.1, 0.15) is 25.1 Å². The molecule has 0 aliphatic carbocycles. The zero-order valence-corrected chi connectivity index (χ0v) is 13.3. The van der Waals surface area contributed by atoms with Crippen molar-refractivity contribution in [1.29, 1.82) is 0 Å². The van der Waals surface area contributed by atoms with Gasteiger partial charge in [0.2, 0.25) is 0 Å². The molecule has 0 aliphatic rings. The molecule has 1 heterocycles. The van der Waals surface area contributed by atoms with Gasteiger partial charge in [0.15, 0.2) is 0 Å². The Morgan fingerprint density at radius 2 is 2.30 bits per heavy atom. The average molecular weight is 361 g/mol. The van der Waals surface area contributed by atoms with Crippen molar-refractivity contribution in [3.8, 4) is 5.75 Å². The van der Waals surface area contributed by atoms with Gasteiger partial charge in [-0.05, 0) is 40.5 Å². The van der Waals surface area contributed by atoms with Gasteiger partial charge in [-0.1, -0.05) is 23.7 Å². The number of nitrogens with zero attached hydrogens (tertiary/aromatic N) is 3. The van der Waals surface area contributed by atoms with Crippen LogP contribution in [0.3, 0.4) is 0 Å².